The van der Waals surface area contributed by atoms with Crippen LogP contribution in [0.15, 0.2) is 4.99 Å². The van der Waals surface area contributed by atoms with Gasteiger partial charge in [0.05, 0.1) is 0 Å². The van der Waals surface area contributed by atoms with Crippen molar-refractivity contribution in [1.82, 2.24) is 20.0 Å². The fourth-order valence-corrected chi connectivity index (χ4v) is 2.69. The molecule has 0 aromatic heterocycles. The second-order valence-corrected chi connectivity index (χ2v) is 7.56. The van der Waals surface area contributed by atoms with Crippen molar-refractivity contribution in [2.45, 2.75) is 46.1 Å². The Bertz CT molecular complexity index is 432. The van der Waals surface area contributed by atoms with Crippen molar-refractivity contribution >= 4 is 36.0 Å². The van der Waals surface area contributed by atoms with Crippen LogP contribution in [0.5, 0.6) is 0 Å². The number of carbonyl (C=O) groups is 1. The summed E-state index contributed by atoms with van der Waals surface area (Å²) in [5, 5.41) is 3.42. The number of piperazine rings is 1. The molecule has 0 unspecified atom stereocenters. The van der Waals surface area contributed by atoms with Crippen molar-refractivity contribution in [1.29, 1.82) is 0 Å². The van der Waals surface area contributed by atoms with Crippen LogP contribution in [0.2, 0.25) is 0 Å². The van der Waals surface area contributed by atoms with Crippen LogP contribution in [0, 0.1) is 0 Å². The van der Waals surface area contributed by atoms with E-state index in [4.69, 9.17) is 4.74 Å². The predicted molar refractivity (Wildman–Crippen MR) is 119 cm³/mol. The van der Waals surface area contributed by atoms with E-state index in [2.05, 4.69) is 34.1 Å². The van der Waals surface area contributed by atoms with Gasteiger partial charge in [-0.25, -0.2) is 4.79 Å². The van der Waals surface area contributed by atoms with Crippen LogP contribution >= 0.6 is 24.0 Å². The molecule has 0 radical (unpaired) electrons. The summed E-state index contributed by atoms with van der Waals surface area (Å²) < 4.78 is 5.43. The van der Waals surface area contributed by atoms with Gasteiger partial charge in [-0.1, -0.05) is 13.3 Å². The molecule has 1 saturated heterocycles. The van der Waals surface area contributed by atoms with E-state index in [9.17, 15) is 4.79 Å². The predicted octanol–water partition coefficient (Wildman–Crippen LogP) is 2.46. The van der Waals surface area contributed by atoms with Crippen LogP contribution in [0.3, 0.4) is 0 Å². The monoisotopic (exact) mass is 483 g/mol. The topological polar surface area (TPSA) is 60.4 Å². The number of rotatable bonds is 6. The van der Waals surface area contributed by atoms with E-state index >= 15 is 0 Å². The molecule has 1 fully saturated rings. The number of ether oxygens (including phenoxy) is 1. The number of aliphatic imine (C=N–C) groups is 1. The largest absolute Gasteiger partial charge is 0.444 e. The molecular formula is C18H38IN5O2. The van der Waals surface area contributed by atoms with Gasteiger partial charge in [0.1, 0.15) is 5.60 Å². The first-order valence-electron chi connectivity index (χ1n) is 9.39. The lowest BCUT2D eigenvalue weighted by Gasteiger charge is -2.35. The SMILES string of the molecule is CCCCN(C)C(=NC)NCCN1CCN(C(=O)OC(C)(C)C)CC1.I. The maximum absolute atomic E-state index is 12.1. The molecule has 0 bridgehead atoms. The van der Waals surface area contributed by atoms with Crippen molar-refractivity contribution in [3.05, 3.63) is 0 Å². The van der Waals surface area contributed by atoms with E-state index in [1.807, 2.05) is 27.8 Å². The number of halogens is 1. The van der Waals surface area contributed by atoms with Crippen molar-refractivity contribution in [3.8, 4) is 0 Å². The molecule has 0 saturated carbocycles. The molecule has 0 spiro atoms. The third-order valence-electron chi connectivity index (χ3n) is 4.16. The molecule has 1 N–H and O–H groups in total. The molecular weight excluding hydrogens is 445 g/mol. The van der Waals surface area contributed by atoms with Gasteiger partial charge in [-0.05, 0) is 27.2 Å². The van der Waals surface area contributed by atoms with Crippen LogP contribution in [0.25, 0.3) is 0 Å². The minimum atomic E-state index is -0.433. The summed E-state index contributed by atoms with van der Waals surface area (Å²) in [5.41, 5.74) is -0.433. The molecule has 8 heteroatoms. The van der Waals surface area contributed by atoms with Gasteiger partial charge in [0.25, 0.3) is 0 Å². The van der Waals surface area contributed by atoms with E-state index in [1.54, 1.807) is 4.90 Å². The Morgan fingerprint density at radius 3 is 2.35 bits per heavy atom. The zero-order valence-corrected chi connectivity index (χ0v) is 19.7. The summed E-state index contributed by atoms with van der Waals surface area (Å²) in [6, 6.07) is 0. The van der Waals surface area contributed by atoms with E-state index in [1.165, 1.54) is 12.8 Å². The van der Waals surface area contributed by atoms with Crippen molar-refractivity contribution < 1.29 is 9.53 Å². The van der Waals surface area contributed by atoms with Gasteiger partial charge in [0, 0.05) is 59.9 Å². The van der Waals surface area contributed by atoms with Gasteiger partial charge in [0.15, 0.2) is 5.96 Å². The molecule has 7 nitrogen and oxygen atoms in total. The zero-order valence-electron chi connectivity index (χ0n) is 17.4. The lowest BCUT2D eigenvalue weighted by Crippen LogP contribution is -2.51. The highest BCUT2D eigenvalue weighted by Crippen LogP contribution is 2.11. The molecule has 1 aliphatic rings. The van der Waals surface area contributed by atoms with Gasteiger partial charge in [-0.15, -0.1) is 24.0 Å². The Morgan fingerprint density at radius 1 is 1.23 bits per heavy atom. The van der Waals surface area contributed by atoms with Crippen molar-refractivity contribution in [2.24, 2.45) is 4.99 Å². The van der Waals surface area contributed by atoms with Crippen LogP contribution in [-0.2, 0) is 4.74 Å². The Labute approximate surface area is 176 Å². The first-order chi connectivity index (χ1) is 11.8. The summed E-state index contributed by atoms with van der Waals surface area (Å²) in [6.07, 6.45) is 2.15. The van der Waals surface area contributed by atoms with Crippen LogP contribution in [0.4, 0.5) is 4.79 Å². The van der Waals surface area contributed by atoms with Crippen molar-refractivity contribution in [3.63, 3.8) is 0 Å². The van der Waals surface area contributed by atoms with E-state index in [0.29, 0.717) is 0 Å². The molecule has 1 aliphatic heterocycles. The summed E-state index contributed by atoms with van der Waals surface area (Å²) in [4.78, 5) is 22.7. The molecule has 0 atom stereocenters. The van der Waals surface area contributed by atoms with Crippen molar-refractivity contribution in [2.75, 3.05) is 59.9 Å². The molecule has 0 aromatic rings. The smallest absolute Gasteiger partial charge is 0.410 e. The first kappa shape index (κ1) is 25.2. The average Bonchev–Trinajstić information content (AvgIpc) is 2.55. The highest BCUT2D eigenvalue weighted by Gasteiger charge is 2.25. The fourth-order valence-electron chi connectivity index (χ4n) is 2.69. The summed E-state index contributed by atoms with van der Waals surface area (Å²) in [7, 11) is 3.90. The molecule has 1 rings (SSSR count). The second kappa shape index (κ2) is 12.6. The lowest BCUT2D eigenvalue weighted by atomic mass is 10.2. The van der Waals surface area contributed by atoms with Gasteiger partial charge in [-0.2, -0.15) is 0 Å². The highest BCUT2D eigenvalue weighted by atomic mass is 127. The number of guanidine groups is 1. The maximum atomic E-state index is 12.1. The van der Waals surface area contributed by atoms with E-state index in [0.717, 1.165) is 51.8 Å². The summed E-state index contributed by atoms with van der Waals surface area (Å²) >= 11 is 0. The van der Waals surface area contributed by atoms with Gasteiger partial charge in [0.2, 0.25) is 0 Å². The van der Waals surface area contributed by atoms with Crippen LogP contribution in [0.1, 0.15) is 40.5 Å². The average molecular weight is 483 g/mol. The number of unbranched alkanes of at least 4 members (excludes halogenated alkanes) is 1. The lowest BCUT2D eigenvalue weighted by molar-refractivity contribution is 0.0147. The minimum absolute atomic E-state index is 0. The Hall–Kier alpha value is -0.770. The summed E-state index contributed by atoms with van der Waals surface area (Å²) in [6.45, 7) is 13.9. The van der Waals surface area contributed by atoms with Gasteiger partial charge >= 0.3 is 6.09 Å². The van der Waals surface area contributed by atoms with Crippen LogP contribution in [-0.4, -0.2) is 92.3 Å². The first-order valence-corrected chi connectivity index (χ1v) is 9.39. The fraction of sp³-hybridized carbons (Fsp3) is 0.889. The maximum Gasteiger partial charge on any atom is 0.410 e. The van der Waals surface area contributed by atoms with E-state index < -0.39 is 5.60 Å². The number of hydrogen-bond donors (Lipinski definition) is 1. The normalized spacial score (nSPS) is 16.1. The molecule has 0 aliphatic carbocycles. The molecule has 26 heavy (non-hydrogen) atoms. The third-order valence-corrected chi connectivity index (χ3v) is 4.16. The Morgan fingerprint density at radius 2 is 1.85 bits per heavy atom. The van der Waals surface area contributed by atoms with Gasteiger partial charge < -0.3 is 19.9 Å². The molecule has 1 heterocycles. The number of amides is 1. The second-order valence-electron chi connectivity index (χ2n) is 7.56. The molecule has 154 valence electrons. The van der Waals surface area contributed by atoms with E-state index in [-0.39, 0.29) is 30.1 Å². The van der Waals surface area contributed by atoms with Crippen LogP contribution < -0.4 is 5.32 Å². The number of carbonyl (C=O) groups excluding carboxylic acids is 1. The number of nitrogens with one attached hydrogen (secondary N) is 1. The highest BCUT2D eigenvalue weighted by molar-refractivity contribution is 14.0. The quantitative estimate of drug-likeness (QED) is 0.358. The third kappa shape index (κ3) is 9.80. The summed E-state index contributed by atoms with van der Waals surface area (Å²) in [5.74, 6) is 0.945. The Kier molecular flexibility index (Phi) is 12.2. The number of hydrogen-bond acceptors (Lipinski definition) is 4. The Balaban J connectivity index is 0.00000625. The minimum Gasteiger partial charge on any atom is -0.444 e. The molecule has 0 aromatic carbocycles. The standard InChI is InChI=1S/C18H37N5O2.HI/c1-7-8-10-21(6)16(19-5)20-9-11-22-12-14-23(15-13-22)17(24)25-18(2,3)4;/h7-15H2,1-6H3,(H,19,20);1H. The zero-order chi connectivity index (χ0) is 18.9. The molecule has 1 amide bonds. The number of nitrogens with zero attached hydrogens (tertiary/aromatic N) is 4. The van der Waals surface area contributed by atoms with Gasteiger partial charge in [-0.3, -0.25) is 9.89 Å².